The van der Waals surface area contributed by atoms with Gasteiger partial charge in [-0.15, -0.1) is 0 Å². The summed E-state index contributed by atoms with van der Waals surface area (Å²) in [6.07, 6.45) is 6.74. The SMILES string of the molecule is CC1(CNC(=O)c2ccc(-n3cncn3)nc2)CCNCC1. The summed E-state index contributed by atoms with van der Waals surface area (Å²) >= 11 is 0. The second kappa shape index (κ2) is 6.23. The monoisotopic (exact) mass is 300 g/mol. The Kier molecular flexibility index (Phi) is 4.15. The first-order valence-corrected chi connectivity index (χ1v) is 7.46. The maximum atomic E-state index is 12.2. The highest BCUT2D eigenvalue weighted by Crippen LogP contribution is 2.26. The van der Waals surface area contributed by atoms with Crippen LogP contribution >= 0.6 is 0 Å². The standard InChI is InChI=1S/C15H20N6O/c1-15(4-6-16-7-5-15)9-19-14(22)12-2-3-13(18-8-12)21-11-17-10-20-21/h2-3,8,10-11,16H,4-7,9H2,1H3,(H,19,22). The zero-order valence-corrected chi connectivity index (χ0v) is 12.6. The van der Waals surface area contributed by atoms with Crippen molar-refractivity contribution in [1.82, 2.24) is 30.4 Å². The van der Waals surface area contributed by atoms with Gasteiger partial charge < -0.3 is 10.6 Å². The second-order valence-corrected chi connectivity index (χ2v) is 5.99. The van der Waals surface area contributed by atoms with E-state index in [2.05, 4.69) is 32.6 Å². The van der Waals surface area contributed by atoms with Crippen LogP contribution in [0.2, 0.25) is 0 Å². The van der Waals surface area contributed by atoms with Crippen molar-refractivity contribution in [3.8, 4) is 5.82 Å². The van der Waals surface area contributed by atoms with Gasteiger partial charge in [0.1, 0.15) is 12.7 Å². The van der Waals surface area contributed by atoms with E-state index >= 15 is 0 Å². The molecular formula is C15H20N6O. The summed E-state index contributed by atoms with van der Waals surface area (Å²) in [7, 11) is 0. The molecule has 1 saturated heterocycles. The molecule has 7 heteroatoms. The largest absolute Gasteiger partial charge is 0.351 e. The van der Waals surface area contributed by atoms with Crippen LogP contribution < -0.4 is 10.6 Å². The third-order valence-corrected chi connectivity index (χ3v) is 4.15. The van der Waals surface area contributed by atoms with Gasteiger partial charge in [-0.05, 0) is 43.5 Å². The van der Waals surface area contributed by atoms with Gasteiger partial charge in [0.25, 0.3) is 5.91 Å². The lowest BCUT2D eigenvalue weighted by Gasteiger charge is -2.34. The number of carbonyl (C=O) groups is 1. The van der Waals surface area contributed by atoms with E-state index in [1.54, 1.807) is 29.3 Å². The molecule has 0 aliphatic carbocycles. The summed E-state index contributed by atoms with van der Waals surface area (Å²) < 4.78 is 1.55. The first-order chi connectivity index (χ1) is 10.7. The zero-order chi connectivity index (χ0) is 15.4. The molecular weight excluding hydrogens is 280 g/mol. The maximum absolute atomic E-state index is 12.2. The summed E-state index contributed by atoms with van der Waals surface area (Å²) in [6, 6.07) is 3.51. The topological polar surface area (TPSA) is 84.7 Å². The van der Waals surface area contributed by atoms with Gasteiger partial charge in [-0.2, -0.15) is 5.10 Å². The van der Waals surface area contributed by atoms with Crippen LogP contribution in [0.4, 0.5) is 0 Å². The van der Waals surface area contributed by atoms with Crippen LogP contribution in [0, 0.1) is 5.41 Å². The van der Waals surface area contributed by atoms with E-state index in [-0.39, 0.29) is 11.3 Å². The molecule has 2 N–H and O–H groups in total. The van der Waals surface area contributed by atoms with Gasteiger partial charge in [-0.3, -0.25) is 4.79 Å². The van der Waals surface area contributed by atoms with Gasteiger partial charge in [-0.25, -0.2) is 14.6 Å². The van der Waals surface area contributed by atoms with Crippen molar-refractivity contribution in [2.24, 2.45) is 5.41 Å². The quantitative estimate of drug-likeness (QED) is 0.871. The predicted octanol–water partition coefficient (Wildman–Crippen LogP) is 0.782. The fraction of sp³-hybridized carbons (Fsp3) is 0.467. The summed E-state index contributed by atoms with van der Waals surface area (Å²) in [5, 5.41) is 10.4. The highest BCUT2D eigenvalue weighted by atomic mass is 16.1. The molecule has 2 aromatic rings. The van der Waals surface area contributed by atoms with Crippen molar-refractivity contribution in [3.05, 3.63) is 36.5 Å². The molecule has 22 heavy (non-hydrogen) atoms. The molecule has 0 radical (unpaired) electrons. The Morgan fingerprint density at radius 3 is 2.86 bits per heavy atom. The van der Waals surface area contributed by atoms with Crippen LogP contribution in [-0.2, 0) is 0 Å². The highest BCUT2D eigenvalue weighted by molar-refractivity contribution is 5.93. The number of carbonyl (C=O) groups excluding carboxylic acids is 1. The second-order valence-electron chi connectivity index (χ2n) is 5.99. The third kappa shape index (κ3) is 3.30. The van der Waals surface area contributed by atoms with Gasteiger partial charge in [0.05, 0.1) is 5.56 Å². The smallest absolute Gasteiger partial charge is 0.252 e. The minimum Gasteiger partial charge on any atom is -0.351 e. The Morgan fingerprint density at radius 2 is 2.23 bits per heavy atom. The van der Waals surface area contributed by atoms with Gasteiger partial charge in [-0.1, -0.05) is 6.92 Å². The number of piperidine rings is 1. The van der Waals surface area contributed by atoms with Crippen molar-refractivity contribution in [1.29, 1.82) is 0 Å². The lowest BCUT2D eigenvalue weighted by molar-refractivity contribution is 0.0922. The third-order valence-electron chi connectivity index (χ3n) is 4.15. The number of nitrogens with one attached hydrogen (secondary N) is 2. The molecule has 0 bridgehead atoms. The molecule has 3 heterocycles. The number of amides is 1. The number of pyridine rings is 1. The molecule has 0 aromatic carbocycles. The molecule has 0 atom stereocenters. The lowest BCUT2D eigenvalue weighted by atomic mass is 9.81. The summed E-state index contributed by atoms with van der Waals surface area (Å²) in [5.41, 5.74) is 0.732. The average molecular weight is 300 g/mol. The van der Waals surface area contributed by atoms with Crippen LogP contribution in [0.15, 0.2) is 31.0 Å². The van der Waals surface area contributed by atoms with E-state index in [1.807, 2.05) is 0 Å². The first kappa shape index (κ1) is 14.6. The Bertz CT molecular complexity index is 616. The van der Waals surface area contributed by atoms with Crippen LogP contribution in [0.3, 0.4) is 0 Å². The van der Waals surface area contributed by atoms with Crippen molar-refractivity contribution in [2.75, 3.05) is 19.6 Å². The molecule has 116 valence electrons. The molecule has 7 nitrogen and oxygen atoms in total. The fourth-order valence-electron chi connectivity index (χ4n) is 2.59. The number of nitrogens with zero attached hydrogens (tertiary/aromatic N) is 4. The summed E-state index contributed by atoms with van der Waals surface area (Å²) in [6.45, 7) is 4.94. The van der Waals surface area contributed by atoms with E-state index in [1.165, 1.54) is 6.33 Å². The van der Waals surface area contributed by atoms with E-state index in [0.29, 0.717) is 17.9 Å². The van der Waals surface area contributed by atoms with Gasteiger partial charge in [0.15, 0.2) is 5.82 Å². The van der Waals surface area contributed by atoms with Gasteiger partial charge in [0.2, 0.25) is 0 Å². The molecule has 0 unspecified atom stereocenters. The summed E-state index contributed by atoms with van der Waals surface area (Å²) in [4.78, 5) is 20.3. The molecule has 1 aliphatic rings. The number of hydrogen-bond acceptors (Lipinski definition) is 5. The Labute approximate surface area is 129 Å². The average Bonchev–Trinajstić information content (AvgIpc) is 3.08. The van der Waals surface area contributed by atoms with E-state index < -0.39 is 0 Å². The molecule has 1 fully saturated rings. The fourth-order valence-corrected chi connectivity index (χ4v) is 2.59. The number of rotatable bonds is 4. The minimum atomic E-state index is -0.0857. The minimum absolute atomic E-state index is 0.0857. The van der Waals surface area contributed by atoms with Gasteiger partial charge in [0, 0.05) is 12.7 Å². The predicted molar refractivity (Wildman–Crippen MR) is 81.7 cm³/mol. The Morgan fingerprint density at radius 1 is 1.41 bits per heavy atom. The van der Waals surface area contributed by atoms with Crippen molar-refractivity contribution >= 4 is 5.91 Å². The normalized spacial score (nSPS) is 17.1. The van der Waals surface area contributed by atoms with Crippen LogP contribution in [-0.4, -0.2) is 45.3 Å². The van der Waals surface area contributed by atoms with E-state index in [0.717, 1.165) is 25.9 Å². The van der Waals surface area contributed by atoms with Crippen molar-refractivity contribution in [2.45, 2.75) is 19.8 Å². The van der Waals surface area contributed by atoms with Crippen molar-refractivity contribution in [3.63, 3.8) is 0 Å². The zero-order valence-electron chi connectivity index (χ0n) is 12.6. The molecule has 1 amide bonds. The molecule has 0 saturated carbocycles. The van der Waals surface area contributed by atoms with E-state index in [4.69, 9.17) is 0 Å². The molecule has 2 aromatic heterocycles. The van der Waals surface area contributed by atoms with E-state index in [9.17, 15) is 4.79 Å². The summed E-state index contributed by atoms with van der Waals surface area (Å²) in [5.74, 6) is 0.553. The molecule has 0 spiro atoms. The molecule has 1 aliphatic heterocycles. The number of aromatic nitrogens is 4. The molecule has 3 rings (SSSR count). The Hall–Kier alpha value is -2.28. The first-order valence-electron chi connectivity index (χ1n) is 7.46. The highest BCUT2D eigenvalue weighted by Gasteiger charge is 2.27. The lowest BCUT2D eigenvalue weighted by Crippen LogP contribution is -2.42. The van der Waals surface area contributed by atoms with Crippen LogP contribution in [0.25, 0.3) is 5.82 Å². The van der Waals surface area contributed by atoms with Gasteiger partial charge >= 0.3 is 0 Å². The Balaban J connectivity index is 1.60. The maximum Gasteiger partial charge on any atom is 0.252 e. The van der Waals surface area contributed by atoms with Crippen LogP contribution in [0.1, 0.15) is 30.1 Å². The number of hydrogen-bond donors (Lipinski definition) is 2. The van der Waals surface area contributed by atoms with Crippen LogP contribution in [0.5, 0.6) is 0 Å². The van der Waals surface area contributed by atoms with Crippen molar-refractivity contribution < 1.29 is 4.79 Å².